The standard InChI is InChI=1S/C15H13BrCl2FN/c1-8(20-2)10-4-3-9(7-13(10)17)11-5-6-12(16)14(18)15(11)19/h3-8,20H,1-2H3. The zero-order valence-electron chi connectivity index (χ0n) is 11.0. The normalized spacial score (nSPS) is 12.5. The third-order valence-corrected chi connectivity index (χ3v) is 4.83. The Hall–Kier alpha value is -0.610. The predicted octanol–water partition coefficient (Wildman–Crippen LogP) is 5.84. The highest BCUT2D eigenvalue weighted by molar-refractivity contribution is 9.10. The molecule has 0 aliphatic heterocycles. The summed E-state index contributed by atoms with van der Waals surface area (Å²) in [5.41, 5.74) is 2.11. The van der Waals surface area contributed by atoms with Gasteiger partial charge in [0.25, 0.3) is 0 Å². The highest BCUT2D eigenvalue weighted by Gasteiger charge is 2.14. The van der Waals surface area contributed by atoms with Crippen molar-refractivity contribution in [2.24, 2.45) is 0 Å². The Labute approximate surface area is 136 Å². The van der Waals surface area contributed by atoms with Gasteiger partial charge in [0.05, 0.1) is 5.02 Å². The average Bonchev–Trinajstić information content (AvgIpc) is 2.44. The molecule has 0 saturated heterocycles. The van der Waals surface area contributed by atoms with E-state index in [0.29, 0.717) is 20.6 Å². The lowest BCUT2D eigenvalue weighted by Crippen LogP contribution is -2.12. The molecule has 0 aliphatic rings. The van der Waals surface area contributed by atoms with Gasteiger partial charge in [-0.15, -0.1) is 0 Å². The summed E-state index contributed by atoms with van der Waals surface area (Å²) < 4.78 is 14.7. The Bertz CT molecular complexity index is 646. The summed E-state index contributed by atoms with van der Waals surface area (Å²) in [6.45, 7) is 2.01. The fraction of sp³-hybridized carbons (Fsp3) is 0.200. The van der Waals surface area contributed by atoms with Crippen molar-refractivity contribution in [2.45, 2.75) is 13.0 Å². The van der Waals surface area contributed by atoms with Crippen LogP contribution in [0.25, 0.3) is 11.1 Å². The maximum absolute atomic E-state index is 14.2. The lowest BCUT2D eigenvalue weighted by Gasteiger charge is -2.14. The summed E-state index contributed by atoms with van der Waals surface area (Å²) in [4.78, 5) is 0. The van der Waals surface area contributed by atoms with E-state index < -0.39 is 5.82 Å². The van der Waals surface area contributed by atoms with E-state index in [1.807, 2.05) is 26.1 Å². The van der Waals surface area contributed by atoms with Gasteiger partial charge in [0.1, 0.15) is 0 Å². The largest absolute Gasteiger partial charge is 0.313 e. The summed E-state index contributed by atoms with van der Waals surface area (Å²) >= 11 is 15.4. The Morgan fingerprint density at radius 1 is 1.20 bits per heavy atom. The first-order chi connectivity index (χ1) is 9.45. The van der Waals surface area contributed by atoms with E-state index in [1.54, 1.807) is 18.2 Å². The van der Waals surface area contributed by atoms with E-state index in [2.05, 4.69) is 21.2 Å². The van der Waals surface area contributed by atoms with Crippen molar-refractivity contribution in [1.82, 2.24) is 5.32 Å². The van der Waals surface area contributed by atoms with Crippen LogP contribution in [-0.2, 0) is 0 Å². The van der Waals surface area contributed by atoms with Gasteiger partial charge in [-0.3, -0.25) is 0 Å². The molecule has 2 aromatic carbocycles. The molecule has 0 radical (unpaired) electrons. The lowest BCUT2D eigenvalue weighted by molar-refractivity contribution is 0.631. The molecule has 1 atom stereocenters. The van der Waals surface area contributed by atoms with Gasteiger partial charge in [-0.1, -0.05) is 41.4 Å². The van der Waals surface area contributed by atoms with Crippen molar-refractivity contribution in [2.75, 3.05) is 7.05 Å². The number of nitrogens with one attached hydrogen (secondary N) is 1. The molecule has 0 fully saturated rings. The highest BCUT2D eigenvalue weighted by Crippen LogP contribution is 2.35. The van der Waals surface area contributed by atoms with Crippen molar-refractivity contribution in [3.05, 3.63) is 56.2 Å². The predicted molar refractivity (Wildman–Crippen MR) is 87.0 cm³/mol. The maximum atomic E-state index is 14.2. The van der Waals surface area contributed by atoms with Gasteiger partial charge in [0.2, 0.25) is 0 Å². The van der Waals surface area contributed by atoms with Crippen LogP contribution in [0, 0.1) is 5.82 Å². The Balaban J connectivity index is 2.50. The van der Waals surface area contributed by atoms with Crippen molar-refractivity contribution < 1.29 is 4.39 Å². The van der Waals surface area contributed by atoms with Gasteiger partial charge in [0.15, 0.2) is 5.82 Å². The van der Waals surface area contributed by atoms with Crippen LogP contribution in [0.5, 0.6) is 0 Å². The summed E-state index contributed by atoms with van der Waals surface area (Å²) in [6.07, 6.45) is 0. The minimum atomic E-state index is -0.452. The fourth-order valence-corrected chi connectivity index (χ4v) is 2.77. The first-order valence-electron chi connectivity index (χ1n) is 6.06. The van der Waals surface area contributed by atoms with Gasteiger partial charge in [-0.05, 0) is 53.2 Å². The number of halogens is 4. The van der Waals surface area contributed by atoms with E-state index >= 15 is 0 Å². The number of hydrogen-bond acceptors (Lipinski definition) is 1. The lowest BCUT2D eigenvalue weighted by atomic mass is 10.0. The quantitative estimate of drug-likeness (QED) is 0.663. The monoisotopic (exact) mass is 375 g/mol. The van der Waals surface area contributed by atoms with E-state index in [0.717, 1.165) is 5.56 Å². The second kappa shape index (κ2) is 6.44. The van der Waals surface area contributed by atoms with Gasteiger partial charge in [-0.2, -0.15) is 0 Å². The van der Waals surface area contributed by atoms with Crippen LogP contribution in [0.15, 0.2) is 34.8 Å². The Morgan fingerprint density at radius 2 is 1.90 bits per heavy atom. The van der Waals surface area contributed by atoms with E-state index in [-0.39, 0.29) is 11.1 Å². The smallest absolute Gasteiger partial charge is 0.150 e. The summed E-state index contributed by atoms with van der Waals surface area (Å²) in [5.74, 6) is -0.452. The number of rotatable bonds is 3. The van der Waals surface area contributed by atoms with Crippen LogP contribution in [0.4, 0.5) is 4.39 Å². The number of benzene rings is 2. The van der Waals surface area contributed by atoms with Gasteiger partial charge in [0, 0.05) is 21.1 Å². The van der Waals surface area contributed by atoms with E-state index in [9.17, 15) is 4.39 Å². The first-order valence-corrected chi connectivity index (χ1v) is 7.61. The molecule has 1 unspecified atom stereocenters. The molecule has 1 nitrogen and oxygen atoms in total. The topological polar surface area (TPSA) is 12.0 Å². The molecule has 0 bridgehead atoms. The number of hydrogen-bond donors (Lipinski definition) is 1. The van der Waals surface area contributed by atoms with Crippen LogP contribution in [0.1, 0.15) is 18.5 Å². The van der Waals surface area contributed by atoms with Crippen molar-refractivity contribution in [1.29, 1.82) is 0 Å². The molecule has 1 N–H and O–H groups in total. The highest BCUT2D eigenvalue weighted by atomic mass is 79.9. The first kappa shape index (κ1) is 15.8. The molecule has 0 heterocycles. The Kier molecular flexibility index (Phi) is 5.08. The van der Waals surface area contributed by atoms with Crippen LogP contribution in [0.3, 0.4) is 0 Å². The van der Waals surface area contributed by atoms with Crippen LogP contribution < -0.4 is 5.32 Å². The minimum Gasteiger partial charge on any atom is -0.313 e. The second-order valence-corrected chi connectivity index (χ2v) is 6.11. The molecule has 0 spiro atoms. The molecule has 0 amide bonds. The van der Waals surface area contributed by atoms with Crippen LogP contribution in [0.2, 0.25) is 10.0 Å². The van der Waals surface area contributed by atoms with Crippen molar-refractivity contribution in [3.63, 3.8) is 0 Å². The van der Waals surface area contributed by atoms with Gasteiger partial charge in [-0.25, -0.2) is 4.39 Å². The molecular formula is C15H13BrCl2FN. The zero-order valence-corrected chi connectivity index (χ0v) is 14.1. The molecule has 0 aliphatic carbocycles. The van der Waals surface area contributed by atoms with Gasteiger partial charge >= 0.3 is 0 Å². The summed E-state index contributed by atoms with van der Waals surface area (Å²) in [6, 6.07) is 9.03. The van der Waals surface area contributed by atoms with Crippen molar-refractivity contribution >= 4 is 39.1 Å². The minimum absolute atomic E-state index is 0.0753. The zero-order chi connectivity index (χ0) is 14.9. The summed E-state index contributed by atoms with van der Waals surface area (Å²) in [5, 5.41) is 3.80. The molecule has 0 aromatic heterocycles. The third kappa shape index (κ3) is 3.01. The average molecular weight is 377 g/mol. The molecular weight excluding hydrogens is 364 g/mol. The van der Waals surface area contributed by atoms with E-state index in [1.165, 1.54) is 0 Å². The molecule has 106 valence electrons. The molecule has 2 rings (SSSR count). The van der Waals surface area contributed by atoms with E-state index in [4.69, 9.17) is 23.2 Å². The molecule has 20 heavy (non-hydrogen) atoms. The molecule has 0 saturated carbocycles. The SMILES string of the molecule is CNC(C)c1ccc(-c2ccc(Br)c(Cl)c2F)cc1Cl. The van der Waals surface area contributed by atoms with Gasteiger partial charge < -0.3 is 5.32 Å². The Morgan fingerprint density at radius 3 is 2.50 bits per heavy atom. The fourth-order valence-electron chi connectivity index (χ4n) is 1.95. The summed E-state index contributed by atoms with van der Waals surface area (Å²) in [7, 11) is 1.86. The van der Waals surface area contributed by atoms with Crippen LogP contribution in [-0.4, -0.2) is 7.05 Å². The maximum Gasteiger partial charge on any atom is 0.150 e. The second-order valence-electron chi connectivity index (χ2n) is 4.47. The molecule has 5 heteroatoms. The molecule has 2 aromatic rings. The third-order valence-electron chi connectivity index (χ3n) is 3.25. The van der Waals surface area contributed by atoms with Crippen molar-refractivity contribution in [3.8, 4) is 11.1 Å². The van der Waals surface area contributed by atoms with Crippen LogP contribution >= 0.6 is 39.1 Å².